The van der Waals surface area contributed by atoms with Crippen molar-refractivity contribution in [2.45, 2.75) is 64.7 Å². The van der Waals surface area contributed by atoms with Gasteiger partial charge < -0.3 is 11.1 Å². The first-order chi connectivity index (χ1) is 10.1. The Balaban J connectivity index is 1.57. The molecule has 0 aromatic carbocycles. The Morgan fingerprint density at radius 2 is 1.71 bits per heavy atom. The van der Waals surface area contributed by atoms with Gasteiger partial charge in [-0.2, -0.15) is 0 Å². The molecule has 0 radical (unpaired) electrons. The van der Waals surface area contributed by atoms with E-state index in [2.05, 4.69) is 12.2 Å². The van der Waals surface area contributed by atoms with Gasteiger partial charge in [-0.25, -0.2) is 0 Å². The van der Waals surface area contributed by atoms with E-state index < -0.39 is 0 Å². The Labute approximate surface area is 129 Å². The van der Waals surface area contributed by atoms with Gasteiger partial charge in [0, 0.05) is 12.0 Å². The van der Waals surface area contributed by atoms with Gasteiger partial charge in [-0.05, 0) is 81.6 Å². The van der Waals surface area contributed by atoms with E-state index in [0.29, 0.717) is 11.8 Å². The van der Waals surface area contributed by atoms with E-state index in [4.69, 9.17) is 5.73 Å². The molecule has 1 atom stereocenters. The van der Waals surface area contributed by atoms with Crippen molar-refractivity contribution in [2.75, 3.05) is 13.1 Å². The summed E-state index contributed by atoms with van der Waals surface area (Å²) in [5, 5.41) is 3.31. The van der Waals surface area contributed by atoms with Crippen LogP contribution in [0.4, 0.5) is 0 Å². The molecular formula is C18H32N2O. The molecule has 0 aromatic heterocycles. The highest BCUT2D eigenvalue weighted by Gasteiger charge is 2.54. The van der Waals surface area contributed by atoms with Crippen molar-refractivity contribution in [3.8, 4) is 0 Å². The van der Waals surface area contributed by atoms with E-state index in [1.165, 1.54) is 51.4 Å². The average Bonchev–Trinajstić information content (AvgIpc) is 2.43. The Morgan fingerprint density at radius 1 is 1.14 bits per heavy atom. The highest BCUT2D eigenvalue weighted by Crippen LogP contribution is 2.60. The Kier molecular flexibility index (Phi) is 4.58. The molecule has 4 aliphatic rings. The minimum atomic E-state index is 0.00816. The summed E-state index contributed by atoms with van der Waals surface area (Å²) in [6, 6.07) is 0. The molecule has 3 nitrogen and oxygen atoms in total. The number of hydrogen-bond donors (Lipinski definition) is 2. The van der Waals surface area contributed by atoms with Gasteiger partial charge in [0.05, 0.1) is 0 Å². The van der Waals surface area contributed by atoms with Crippen molar-refractivity contribution in [3.05, 3.63) is 0 Å². The van der Waals surface area contributed by atoms with Gasteiger partial charge in [0.1, 0.15) is 0 Å². The van der Waals surface area contributed by atoms with Crippen LogP contribution in [0.1, 0.15) is 64.7 Å². The first-order valence-electron chi connectivity index (χ1n) is 9.13. The molecule has 4 saturated carbocycles. The lowest BCUT2D eigenvalue weighted by molar-refractivity contribution is -0.146. The lowest BCUT2D eigenvalue weighted by atomic mass is 9.49. The van der Waals surface area contributed by atoms with Gasteiger partial charge in [-0.1, -0.05) is 13.3 Å². The molecule has 3 N–H and O–H groups in total. The number of amides is 1. The van der Waals surface area contributed by atoms with Crippen molar-refractivity contribution >= 4 is 5.91 Å². The van der Waals surface area contributed by atoms with Crippen molar-refractivity contribution in [2.24, 2.45) is 34.8 Å². The van der Waals surface area contributed by atoms with Crippen molar-refractivity contribution in [1.29, 1.82) is 0 Å². The number of nitrogens with two attached hydrogens (primary N) is 1. The normalized spacial score (nSPS) is 38.5. The molecule has 0 aromatic rings. The summed E-state index contributed by atoms with van der Waals surface area (Å²) in [7, 11) is 0. The molecule has 1 unspecified atom stereocenters. The predicted octanol–water partition coefficient (Wildman–Crippen LogP) is 3.08. The Hall–Kier alpha value is -0.570. The largest absolute Gasteiger partial charge is 0.355 e. The zero-order valence-corrected chi connectivity index (χ0v) is 13.6. The molecule has 0 saturated heterocycles. The third-order valence-corrected chi connectivity index (χ3v) is 6.34. The van der Waals surface area contributed by atoms with Crippen LogP contribution in [0.15, 0.2) is 0 Å². The fourth-order valence-electron chi connectivity index (χ4n) is 5.81. The molecule has 0 heterocycles. The van der Waals surface area contributed by atoms with Crippen molar-refractivity contribution in [3.63, 3.8) is 0 Å². The van der Waals surface area contributed by atoms with E-state index in [-0.39, 0.29) is 5.41 Å². The van der Waals surface area contributed by atoms with Crippen LogP contribution < -0.4 is 11.1 Å². The van der Waals surface area contributed by atoms with E-state index in [0.717, 1.165) is 37.3 Å². The van der Waals surface area contributed by atoms with Crippen LogP contribution in [0.5, 0.6) is 0 Å². The number of rotatable bonds is 7. The topological polar surface area (TPSA) is 55.1 Å². The van der Waals surface area contributed by atoms with Crippen LogP contribution in [-0.4, -0.2) is 19.0 Å². The molecule has 120 valence electrons. The molecule has 4 fully saturated rings. The van der Waals surface area contributed by atoms with E-state index in [1.807, 2.05) is 0 Å². The van der Waals surface area contributed by atoms with Gasteiger partial charge in [0.2, 0.25) is 5.91 Å². The highest BCUT2D eigenvalue weighted by atomic mass is 16.2. The van der Waals surface area contributed by atoms with Gasteiger partial charge in [-0.3, -0.25) is 4.79 Å². The van der Waals surface area contributed by atoms with Crippen LogP contribution in [0.3, 0.4) is 0 Å². The van der Waals surface area contributed by atoms with E-state index in [9.17, 15) is 4.79 Å². The summed E-state index contributed by atoms with van der Waals surface area (Å²) in [6.07, 6.45) is 11.1. The summed E-state index contributed by atoms with van der Waals surface area (Å²) < 4.78 is 0. The third-order valence-electron chi connectivity index (χ3n) is 6.34. The number of carbonyl (C=O) groups excluding carboxylic acids is 1. The summed E-state index contributed by atoms with van der Waals surface area (Å²) in [5.41, 5.74) is 5.71. The molecule has 4 bridgehead atoms. The molecule has 4 aliphatic carbocycles. The molecule has 4 rings (SSSR count). The predicted molar refractivity (Wildman–Crippen MR) is 85.7 cm³/mol. The average molecular weight is 292 g/mol. The maximum absolute atomic E-state index is 12.9. The molecule has 0 aliphatic heterocycles. The maximum Gasteiger partial charge on any atom is 0.226 e. The molecular weight excluding hydrogens is 260 g/mol. The third kappa shape index (κ3) is 3.13. The Bertz CT molecular complexity index is 338. The van der Waals surface area contributed by atoms with Gasteiger partial charge >= 0.3 is 0 Å². The summed E-state index contributed by atoms with van der Waals surface area (Å²) in [5.74, 6) is 3.48. The fraction of sp³-hybridized carbons (Fsp3) is 0.944. The smallest absolute Gasteiger partial charge is 0.226 e. The van der Waals surface area contributed by atoms with Crippen LogP contribution in [0.2, 0.25) is 0 Å². The summed E-state index contributed by atoms with van der Waals surface area (Å²) >= 11 is 0. The second kappa shape index (κ2) is 6.28. The quantitative estimate of drug-likeness (QED) is 0.757. The number of nitrogens with one attached hydrogen (secondary N) is 1. The SMILES string of the molecule is CCCC(CCN)CNC(=O)C12CC3CC(CC(C3)C1)C2. The lowest BCUT2D eigenvalue weighted by Crippen LogP contribution is -2.54. The van der Waals surface area contributed by atoms with Gasteiger partial charge in [0.25, 0.3) is 0 Å². The van der Waals surface area contributed by atoms with Crippen LogP contribution in [-0.2, 0) is 4.79 Å². The second-order valence-electron chi connectivity index (χ2n) is 8.14. The van der Waals surface area contributed by atoms with E-state index in [1.54, 1.807) is 0 Å². The van der Waals surface area contributed by atoms with Crippen molar-refractivity contribution < 1.29 is 4.79 Å². The van der Waals surface area contributed by atoms with Gasteiger partial charge in [0.15, 0.2) is 0 Å². The fourth-order valence-corrected chi connectivity index (χ4v) is 5.81. The zero-order chi connectivity index (χ0) is 14.9. The minimum Gasteiger partial charge on any atom is -0.355 e. The highest BCUT2D eigenvalue weighted by molar-refractivity contribution is 5.83. The van der Waals surface area contributed by atoms with Crippen LogP contribution in [0, 0.1) is 29.1 Å². The number of carbonyl (C=O) groups is 1. The molecule has 3 heteroatoms. The second-order valence-corrected chi connectivity index (χ2v) is 8.14. The van der Waals surface area contributed by atoms with Crippen LogP contribution in [0.25, 0.3) is 0 Å². The molecule has 1 amide bonds. The minimum absolute atomic E-state index is 0.00816. The zero-order valence-electron chi connectivity index (χ0n) is 13.6. The summed E-state index contributed by atoms with van der Waals surface area (Å²) in [6.45, 7) is 3.79. The first-order valence-corrected chi connectivity index (χ1v) is 9.13. The molecule has 0 spiro atoms. The summed E-state index contributed by atoms with van der Waals surface area (Å²) in [4.78, 5) is 12.9. The van der Waals surface area contributed by atoms with Crippen LogP contribution >= 0.6 is 0 Å². The standard InChI is InChI=1S/C18H32N2O/c1-2-3-13(4-5-19)12-20-17(21)18-9-14-6-15(10-18)8-16(7-14)11-18/h13-16H,2-12,19H2,1H3,(H,20,21). The maximum atomic E-state index is 12.9. The van der Waals surface area contributed by atoms with Gasteiger partial charge in [-0.15, -0.1) is 0 Å². The molecule has 21 heavy (non-hydrogen) atoms. The monoisotopic (exact) mass is 292 g/mol. The number of hydrogen-bond acceptors (Lipinski definition) is 2. The lowest BCUT2D eigenvalue weighted by Gasteiger charge is -2.55. The first kappa shape index (κ1) is 15.3. The Morgan fingerprint density at radius 3 is 2.19 bits per heavy atom. The van der Waals surface area contributed by atoms with E-state index >= 15 is 0 Å². The van der Waals surface area contributed by atoms with Crippen molar-refractivity contribution in [1.82, 2.24) is 5.32 Å².